The van der Waals surface area contributed by atoms with Crippen LogP contribution in [0.5, 0.6) is 0 Å². The highest BCUT2D eigenvalue weighted by Crippen LogP contribution is 2.45. The van der Waals surface area contributed by atoms with Crippen molar-refractivity contribution in [3.05, 3.63) is 231 Å². The van der Waals surface area contributed by atoms with Crippen molar-refractivity contribution < 1.29 is 0 Å². The number of rotatable bonds is 10. The minimum absolute atomic E-state index is 0.838. The van der Waals surface area contributed by atoms with E-state index in [2.05, 4.69) is 197 Å². The summed E-state index contributed by atoms with van der Waals surface area (Å²) in [6.07, 6.45) is 11.8. The summed E-state index contributed by atoms with van der Waals surface area (Å²) in [5.41, 5.74) is 15.1. The van der Waals surface area contributed by atoms with Crippen LogP contribution in [0.15, 0.2) is 225 Å². The predicted octanol–water partition coefficient (Wildman–Crippen LogP) is 14.9. The molecule has 0 saturated heterocycles. The van der Waals surface area contributed by atoms with Crippen molar-refractivity contribution in [3.8, 4) is 39.1 Å². The molecule has 286 valence electrons. The Kier molecular flexibility index (Phi) is 11.5. The molecule has 4 heteroatoms. The molecule has 0 saturated carbocycles. The van der Waals surface area contributed by atoms with Crippen LogP contribution in [0.3, 0.4) is 0 Å². The molecule has 0 aliphatic carbocycles. The number of allylic oxidation sites excluding steroid dienone is 4. The molecule has 0 aliphatic rings. The van der Waals surface area contributed by atoms with Gasteiger partial charge < -0.3 is 9.47 Å². The third kappa shape index (κ3) is 7.77. The summed E-state index contributed by atoms with van der Waals surface area (Å²) >= 11 is 0. The minimum Gasteiger partial charge on any atom is -0.311 e. The normalized spacial score (nSPS) is 11.4. The molecule has 0 N–H and O–H groups in total. The van der Waals surface area contributed by atoms with Crippen molar-refractivity contribution in [2.75, 3.05) is 4.90 Å². The first kappa shape index (κ1) is 38.3. The van der Waals surface area contributed by atoms with Gasteiger partial charge in [-0.25, -0.2) is 0 Å². The molecule has 0 fully saturated rings. The van der Waals surface area contributed by atoms with E-state index in [1.807, 2.05) is 56.6 Å². The van der Waals surface area contributed by atoms with Gasteiger partial charge in [0.15, 0.2) is 0 Å². The topological polar surface area (TPSA) is 34.0 Å². The second-order valence-electron chi connectivity index (χ2n) is 13.9. The fraction of sp³-hybridized carbons (Fsp3) is 0.0545. The number of para-hydroxylation sites is 1. The van der Waals surface area contributed by atoms with Gasteiger partial charge in [0, 0.05) is 57.7 Å². The molecule has 3 aromatic heterocycles. The zero-order chi connectivity index (χ0) is 40.6. The molecule has 6 aromatic carbocycles. The lowest BCUT2D eigenvalue weighted by Crippen LogP contribution is -2.15. The number of benzene rings is 6. The molecule has 0 radical (unpaired) electrons. The Morgan fingerprint density at radius 2 is 1.15 bits per heavy atom. The van der Waals surface area contributed by atoms with Gasteiger partial charge in [-0.2, -0.15) is 0 Å². The van der Waals surface area contributed by atoms with Crippen molar-refractivity contribution in [1.29, 1.82) is 0 Å². The third-order valence-corrected chi connectivity index (χ3v) is 10.5. The van der Waals surface area contributed by atoms with Crippen LogP contribution in [0, 0.1) is 0 Å². The predicted molar refractivity (Wildman–Crippen MR) is 251 cm³/mol. The maximum absolute atomic E-state index is 4.54. The lowest BCUT2D eigenvalue weighted by Gasteiger charge is -2.27. The number of hydrogen-bond donors (Lipinski definition) is 0. The van der Waals surface area contributed by atoms with Crippen molar-refractivity contribution in [3.63, 3.8) is 0 Å². The van der Waals surface area contributed by atoms with Gasteiger partial charge in [-0.05, 0) is 113 Å². The number of aromatic nitrogens is 3. The van der Waals surface area contributed by atoms with E-state index >= 15 is 0 Å². The minimum atomic E-state index is 0.838. The first-order valence-electron chi connectivity index (χ1n) is 20.2. The third-order valence-electron chi connectivity index (χ3n) is 10.5. The summed E-state index contributed by atoms with van der Waals surface area (Å²) in [6, 6.07) is 62.4. The highest BCUT2D eigenvalue weighted by molar-refractivity contribution is 6.20. The van der Waals surface area contributed by atoms with E-state index in [1.165, 1.54) is 38.5 Å². The second kappa shape index (κ2) is 17.7. The van der Waals surface area contributed by atoms with Gasteiger partial charge in [0.1, 0.15) is 0 Å². The van der Waals surface area contributed by atoms with Crippen molar-refractivity contribution in [2.45, 2.75) is 20.8 Å². The first-order chi connectivity index (χ1) is 29.2. The molecule has 0 spiro atoms. The standard InChI is InChI=1S/C53H40N4.C2H6/c1-3-43(25-22-38(2)50-21-13-14-34-55-50)56(45-26-23-39(24-27-45)40-32-35-54-36-33-40)46-28-31-51-49(37-46)52-47(41-15-7-4-8-16-41)29-30-48(42-17-9-5-10-18-42)53(52)57(51)44-19-11-6-12-20-44;1-2/h3-37H,2H2,1H3;1-2H3/b25-22-,43-3+;. The molecule has 0 unspecified atom stereocenters. The Labute approximate surface area is 347 Å². The highest BCUT2D eigenvalue weighted by Gasteiger charge is 2.22. The maximum Gasteiger partial charge on any atom is 0.0695 e. The van der Waals surface area contributed by atoms with Crippen molar-refractivity contribution in [1.82, 2.24) is 14.5 Å². The van der Waals surface area contributed by atoms with Gasteiger partial charge in [-0.1, -0.05) is 142 Å². The molecule has 4 nitrogen and oxygen atoms in total. The van der Waals surface area contributed by atoms with E-state index in [1.54, 1.807) is 6.20 Å². The molecule has 0 atom stereocenters. The highest BCUT2D eigenvalue weighted by atomic mass is 15.1. The van der Waals surface area contributed by atoms with Gasteiger partial charge in [0.05, 0.1) is 16.7 Å². The van der Waals surface area contributed by atoms with Crippen LogP contribution >= 0.6 is 0 Å². The molecule has 0 aliphatic heterocycles. The number of hydrogen-bond acceptors (Lipinski definition) is 3. The summed E-state index contributed by atoms with van der Waals surface area (Å²) in [7, 11) is 0. The molecular weight excluding hydrogens is 717 g/mol. The molecule has 3 heterocycles. The number of fused-ring (bicyclic) bond motifs is 3. The van der Waals surface area contributed by atoms with E-state index in [-0.39, 0.29) is 0 Å². The van der Waals surface area contributed by atoms with Gasteiger partial charge in [-0.3, -0.25) is 9.97 Å². The van der Waals surface area contributed by atoms with E-state index in [0.29, 0.717) is 0 Å². The van der Waals surface area contributed by atoms with Crippen LogP contribution in [0.25, 0.3) is 66.4 Å². The fourth-order valence-electron chi connectivity index (χ4n) is 7.75. The largest absolute Gasteiger partial charge is 0.311 e. The molecule has 0 amide bonds. The summed E-state index contributed by atoms with van der Waals surface area (Å²) in [5, 5.41) is 2.37. The lowest BCUT2D eigenvalue weighted by atomic mass is 9.94. The Balaban J connectivity index is 0.00000238. The van der Waals surface area contributed by atoms with Crippen LogP contribution in [0.1, 0.15) is 26.5 Å². The SMILES string of the molecule is C=C(/C=C\C(=C/C)N(c1ccc(-c2ccncc2)cc1)c1ccc2c(c1)c1c(-c3ccccc3)ccc(-c3ccccc3)c1n2-c1ccccc1)c1ccccn1.CC. The summed E-state index contributed by atoms with van der Waals surface area (Å²) in [5.74, 6) is 0. The van der Waals surface area contributed by atoms with Crippen LogP contribution in [-0.2, 0) is 0 Å². The first-order valence-corrected chi connectivity index (χ1v) is 20.2. The van der Waals surface area contributed by atoms with Crippen LogP contribution < -0.4 is 4.90 Å². The van der Waals surface area contributed by atoms with Crippen LogP contribution in [0.4, 0.5) is 11.4 Å². The van der Waals surface area contributed by atoms with E-state index < -0.39 is 0 Å². The van der Waals surface area contributed by atoms with E-state index in [4.69, 9.17) is 0 Å². The van der Waals surface area contributed by atoms with Crippen LogP contribution in [-0.4, -0.2) is 14.5 Å². The molecule has 0 bridgehead atoms. The average molecular weight is 763 g/mol. The van der Waals surface area contributed by atoms with E-state index in [9.17, 15) is 0 Å². The summed E-state index contributed by atoms with van der Waals surface area (Å²) < 4.78 is 2.43. The Hall–Kier alpha value is -7.56. The molecule has 59 heavy (non-hydrogen) atoms. The summed E-state index contributed by atoms with van der Waals surface area (Å²) in [4.78, 5) is 11.1. The van der Waals surface area contributed by atoms with Gasteiger partial charge in [0.25, 0.3) is 0 Å². The fourth-order valence-corrected chi connectivity index (χ4v) is 7.75. The van der Waals surface area contributed by atoms with Crippen molar-refractivity contribution >= 4 is 38.8 Å². The number of nitrogens with zero attached hydrogens (tertiary/aromatic N) is 4. The lowest BCUT2D eigenvalue weighted by molar-refractivity contribution is 1.17. The molecular formula is C55H46N4. The second-order valence-corrected chi connectivity index (χ2v) is 13.9. The Morgan fingerprint density at radius 1 is 0.559 bits per heavy atom. The van der Waals surface area contributed by atoms with E-state index in [0.717, 1.165) is 50.7 Å². The van der Waals surface area contributed by atoms with Crippen molar-refractivity contribution in [2.24, 2.45) is 0 Å². The van der Waals surface area contributed by atoms with Crippen LogP contribution in [0.2, 0.25) is 0 Å². The van der Waals surface area contributed by atoms with Gasteiger partial charge in [0.2, 0.25) is 0 Å². The number of anilines is 2. The zero-order valence-corrected chi connectivity index (χ0v) is 33.7. The summed E-state index contributed by atoms with van der Waals surface area (Å²) in [6.45, 7) is 10.4. The molecule has 9 rings (SSSR count). The quantitative estimate of drug-likeness (QED) is 0.130. The monoisotopic (exact) mass is 762 g/mol. The zero-order valence-electron chi connectivity index (χ0n) is 33.7. The maximum atomic E-state index is 4.54. The van der Waals surface area contributed by atoms with Gasteiger partial charge in [-0.15, -0.1) is 0 Å². The molecule has 9 aromatic rings. The smallest absolute Gasteiger partial charge is 0.0695 e. The number of pyridine rings is 2. The Bertz CT molecular complexity index is 2880. The van der Waals surface area contributed by atoms with Gasteiger partial charge >= 0.3 is 0 Å². The average Bonchev–Trinajstić information content (AvgIpc) is 3.67. The Morgan fingerprint density at radius 3 is 1.80 bits per heavy atom.